The summed E-state index contributed by atoms with van der Waals surface area (Å²) in [7, 11) is 0. The Balaban J connectivity index is 2.31. The highest BCUT2D eigenvalue weighted by atomic mass is 16.3. The third kappa shape index (κ3) is 2.60. The van der Waals surface area contributed by atoms with Crippen molar-refractivity contribution in [1.82, 2.24) is 0 Å². The molecule has 0 aliphatic heterocycles. The van der Waals surface area contributed by atoms with E-state index in [1.54, 1.807) is 17.2 Å². The van der Waals surface area contributed by atoms with Crippen molar-refractivity contribution in [2.24, 2.45) is 5.73 Å². The Kier molecular flexibility index (Phi) is 3.79. The normalized spacial score (nSPS) is 10.3. The van der Waals surface area contributed by atoms with Gasteiger partial charge < -0.3 is 15.1 Å². The largest absolute Gasteiger partial charge is 0.467 e. The van der Waals surface area contributed by atoms with Crippen molar-refractivity contribution < 1.29 is 9.21 Å². The summed E-state index contributed by atoms with van der Waals surface area (Å²) >= 11 is 0. The molecule has 0 fully saturated rings. The lowest BCUT2D eigenvalue weighted by atomic mass is 10.1. The van der Waals surface area contributed by atoms with Crippen molar-refractivity contribution in [1.29, 1.82) is 0 Å². The summed E-state index contributed by atoms with van der Waals surface area (Å²) in [5, 5.41) is 0. The summed E-state index contributed by atoms with van der Waals surface area (Å²) in [6.45, 7) is 2.34. The number of benzene rings is 1. The van der Waals surface area contributed by atoms with Gasteiger partial charge in [-0.2, -0.15) is 0 Å². The van der Waals surface area contributed by atoms with Crippen molar-refractivity contribution in [3.8, 4) is 0 Å². The predicted octanol–water partition coefficient (Wildman–Crippen LogP) is 2.08. The molecule has 0 radical (unpaired) electrons. The number of nitrogens with zero attached hydrogens (tertiary/aromatic N) is 1. The first-order valence-corrected chi connectivity index (χ1v) is 5.81. The molecule has 18 heavy (non-hydrogen) atoms. The smallest absolute Gasteiger partial charge is 0.241 e. The van der Waals surface area contributed by atoms with Gasteiger partial charge in [0.15, 0.2) is 0 Å². The van der Waals surface area contributed by atoms with Gasteiger partial charge in [-0.1, -0.05) is 18.2 Å². The molecule has 0 atom stereocenters. The molecule has 94 valence electrons. The standard InChI is InChI=1S/C14H16N2O2/c1-11-5-2-3-7-13(11)16(14(17)9-15)10-12-6-4-8-18-12/h2-8H,9-10,15H2,1H3. The average Bonchev–Trinajstić information content (AvgIpc) is 2.89. The molecule has 1 aromatic carbocycles. The van der Waals surface area contributed by atoms with Crippen LogP contribution in [0.4, 0.5) is 5.69 Å². The van der Waals surface area contributed by atoms with Gasteiger partial charge in [-0.25, -0.2) is 0 Å². The summed E-state index contributed by atoms with van der Waals surface area (Å²) in [5.74, 6) is 0.612. The molecule has 2 rings (SSSR count). The fourth-order valence-electron chi connectivity index (χ4n) is 1.84. The molecular weight excluding hydrogens is 228 g/mol. The second-order valence-corrected chi connectivity index (χ2v) is 4.05. The molecule has 1 heterocycles. The first kappa shape index (κ1) is 12.4. The molecule has 1 amide bonds. The minimum Gasteiger partial charge on any atom is -0.467 e. The van der Waals surface area contributed by atoms with Gasteiger partial charge >= 0.3 is 0 Å². The molecule has 4 nitrogen and oxygen atoms in total. The number of hydrogen-bond donors (Lipinski definition) is 1. The van der Waals surface area contributed by atoms with Crippen LogP contribution in [-0.4, -0.2) is 12.5 Å². The lowest BCUT2D eigenvalue weighted by Crippen LogP contribution is -2.35. The average molecular weight is 244 g/mol. The molecule has 0 unspecified atom stereocenters. The molecule has 0 saturated carbocycles. The van der Waals surface area contributed by atoms with Crippen molar-refractivity contribution in [2.45, 2.75) is 13.5 Å². The van der Waals surface area contributed by atoms with Gasteiger partial charge in [-0.3, -0.25) is 4.79 Å². The zero-order valence-electron chi connectivity index (χ0n) is 10.3. The molecule has 0 aliphatic carbocycles. The highest BCUT2D eigenvalue weighted by Gasteiger charge is 2.17. The van der Waals surface area contributed by atoms with Gasteiger partial charge in [0.25, 0.3) is 0 Å². The molecule has 4 heteroatoms. The Hall–Kier alpha value is -2.07. The fraction of sp³-hybridized carbons (Fsp3) is 0.214. The van der Waals surface area contributed by atoms with Gasteiger partial charge in [0, 0.05) is 5.69 Å². The highest BCUT2D eigenvalue weighted by molar-refractivity contribution is 5.95. The zero-order chi connectivity index (χ0) is 13.0. The summed E-state index contributed by atoms with van der Waals surface area (Å²) < 4.78 is 5.29. The molecular formula is C14H16N2O2. The quantitative estimate of drug-likeness (QED) is 0.895. The number of rotatable bonds is 4. The van der Waals surface area contributed by atoms with Crippen molar-refractivity contribution in [3.63, 3.8) is 0 Å². The van der Waals surface area contributed by atoms with Crippen LogP contribution in [0.2, 0.25) is 0 Å². The molecule has 0 saturated heterocycles. The van der Waals surface area contributed by atoms with E-state index in [1.165, 1.54) is 0 Å². The molecule has 0 aliphatic rings. The van der Waals surface area contributed by atoms with Gasteiger partial charge in [-0.15, -0.1) is 0 Å². The number of carbonyl (C=O) groups excluding carboxylic acids is 1. The van der Waals surface area contributed by atoms with E-state index in [-0.39, 0.29) is 12.5 Å². The van der Waals surface area contributed by atoms with E-state index >= 15 is 0 Å². The number of anilines is 1. The minimum atomic E-state index is -0.124. The maximum absolute atomic E-state index is 12.0. The molecule has 0 spiro atoms. The Bertz CT molecular complexity index is 520. The van der Waals surface area contributed by atoms with Crippen LogP contribution >= 0.6 is 0 Å². The van der Waals surface area contributed by atoms with E-state index in [4.69, 9.17) is 10.2 Å². The number of amides is 1. The van der Waals surface area contributed by atoms with Crippen molar-refractivity contribution in [2.75, 3.05) is 11.4 Å². The van der Waals surface area contributed by atoms with Crippen molar-refractivity contribution in [3.05, 3.63) is 54.0 Å². The maximum atomic E-state index is 12.0. The van der Waals surface area contributed by atoms with Gasteiger partial charge in [0.2, 0.25) is 5.91 Å². The summed E-state index contributed by atoms with van der Waals surface area (Å²) in [6, 6.07) is 11.4. The van der Waals surface area contributed by atoms with Gasteiger partial charge in [-0.05, 0) is 30.7 Å². The highest BCUT2D eigenvalue weighted by Crippen LogP contribution is 2.21. The van der Waals surface area contributed by atoms with Crippen LogP contribution in [0.1, 0.15) is 11.3 Å². The SMILES string of the molecule is Cc1ccccc1N(Cc1ccco1)C(=O)CN. The first-order valence-electron chi connectivity index (χ1n) is 5.81. The second-order valence-electron chi connectivity index (χ2n) is 4.05. The van der Waals surface area contributed by atoms with Crippen LogP contribution in [0, 0.1) is 6.92 Å². The summed E-state index contributed by atoms with van der Waals surface area (Å²) in [4.78, 5) is 13.6. The number of hydrogen-bond acceptors (Lipinski definition) is 3. The van der Waals surface area contributed by atoms with E-state index in [0.29, 0.717) is 6.54 Å². The maximum Gasteiger partial charge on any atom is 0.241 e. The van der Waals surface area contributed by atoms with E-state index in [1.807, 2.05) is 37.3 Å². The lowest BCUT2D eigenvalue weighted by Gasteiger charge is -2.23. The lowest BCUT2D eigenvalue weighted by molar-refractivity contribution is -0.117. The number of para-hydroxylation sites is 1. The van der Waals surface area contributed by atoms with E-state index < -0.39 is 0 Å². The Morgan fingerprint density at radius 2 is 2.06 bits per heavy atom. The van der Waals surface area contributed by atoms with Crippen LogP contribution < -0.4 is 10.6 Å². The van der Waals surface area contributed by atoms with E-state index in [2.05, 4.69) is 0 Å². The third-order valence-corrected chi connectivity index (χ3v) is 2.78. The monoisotopic (exact) mass is 244 g/mol. The fourth-order valence-corrected chi connectivity index (χ4v) is 1.84. The predicted molar refractivity (Wildman–Crippen MR) is 70.1 cm³/mol. The van der Waals surface area contributed by atoms with Crippen LogP contribution in [0.15, 0.2) is 47.1 Å². The zero-order valence-corrected chi connectivity index (χ0v) is 10.3. The molecule has 1 aromatic heterocycles. The summed E-state index contributed by atoms with van der Waals surface area (Å²) in [5.41, 5.74) is 7.37. The van der Waals surface area contributed by atoms with Crippen molar-refractivity contribution >= 4 is 11.6 Å². The number of furan rings is 1. The van der Waals surface area contributed by atoms with Gasteiger partial charge in [0.1, 0.15) is 5.76 Å². The minimum absolute atomic E-state index is 0.0188. The van der Waals surface area contributed by atoms with Crippen LogP contribution in [0.5, 0.6) is 0 Å². The molecule has 2 N–H and O–H groups in total. The first-order chi connectivity index (χ1) is 8.72. The molecule has 0 bridgehead atoms. The van der Waals surface area contributed by atoms with E-state index in [0.717, 1.165) is 17.0 Å². The summed E-state index contributed by atoms with van der Waals surface area (Å²) in [6.07, 6.45) is 1.60. The van der Waals surface area contributed by atoms with E-state index in [9.17, 15) is 4.79 Å². The Morgan fingerprint density at radius 1 is 1.28 bits per heavy atom. The topological polar surface area (TPSA) is 59.5 Å². The number of carbonyl (C=O) groups is 1. The van der Waals surface area contributed by atoms with Crippen LogP contribution in [0.25, 0.3) is 0 Å². The van der Waals surface area contributed by atoms with Crippen LogP contribution in [0.3, 0.4) is 0 Å². The van der Waals surface area contributed by atoms with Crippen LogP contribution in [-0.2, 0) is 11.3 Å². The Labute approximate surface area is 106 Å². The second kappa shape index (κ2) is 5.51. The number of aryl methyl sites for hydroxylation is 1. The third-order valence-electron chi connectivity index (χ3n) is 2.78. The Morgan fingerprint density at radius 3 is 2.67 bits per heavy atom. The molecule has 2 aromatic rings. The number of nitrogens with two attached hydrogens (primary N) is 1. The van der Waals surface area contributed by atoms with Gasteiger partial charge in [0.05, 0.1) is 19.4 Å².